The number of thioether (sulfide) groups is 1. The topological polar surface area (TPSA) is 121 Å². The monoisotopic (exact) mass is 323 g/mol. The Morgan fingerprint density at radius 1 is 1.55 bits per heavy atom. The first-order chi connectivity index (χ1) is 10.5. The summed E-state index contributed by atoms with van der Waals surface area (Å²) in [5, 5.41) is 27.8. The number of hydrogen-bond acceptors (Lipinski definition) is 7. The van der Waals surface area contributed by atoms with Gasteiger partial charge in [0.05, 0.1) is 19.7 Å². The van der Waals surface area contributed by atoms with Gasteiger partial charge >= 0.3 is 5.97 Å². The van der Waals surface area contributed by atoms with Crippen LogP contribution in [-0.2, 0) is 9.59 Å². The second-order valence-electron chi connectivity index (χ2n) is 4.27. The molecule has 1 fully saturated rings. The second-order valence-corrected chi connectivity index (χ2v) is 5.47. The largest absolute Gasteiger partial charge is 0.504 e. The van der Waals surface area contributed by atoms with E-state index in [1.54, 1.807) is 12.1 Å². The molecular formula is C13H13N3O5S. The maximum atomic E-state index is 11.5. The molecule has 1 saturated heterocycles. The summed E-state index contributed by atoms with van der Waals surface area (Å²) >= 11 is 1.02. The van der Waals surface area contributed by atoms with Gasteiger partial charge in [-0.25, -0.2) is 0 Å². The number of nitrogens with one attached hydrogen (secondary N) is 1. The summed E-state index contributed by atoms with van der Waals surface area (Å²) in [5.74, 6) is -1.12. The zero-order valence-electron chi connectivity index (χ0n) is 11.5. The molecule has 1 heterocycles. The smallest absolute Gasteiger partial charge is 0.305 e. The maximum absolute atomic E-state index is 11.5. The van der Waals surface area contributed by atoms with E-state index in [1.807, 2.05) is 0 Å². The predicted octanol–water partition coefficient (Wildman–Crippen LogP) is 0.797. The Bertz CT molecular complexity index is 659. The fraction of sp³-hybridized carbons (Fsp3) is 0.231. The molecule has 0 bridgehead atoms. The van der Waals surface area contributed by atoms with Crippen LogP contribution in [0.3, 0.4) is 0 Å². The third-order valence-corrected chi connectivity index (χ3v) is 3.77. The van der Waals surface area contributed by atoms with Gasteiger partial charge in [0.1, 0.15) is 5.25 Å². The molecule has 22 heavy (non-hydrogen) atoms. The summed E-state index contributed by atoms with van der Waals surface area (Å²) in [4.78, 5) is 22.1. The first kappa shape index (κ1) is 15.8. The zero-order chi connectivity index (χ0) is 16.1. The average Bonchev–Trinajstić information content (AvgIpc) is 2.80. The number of amidine groups is 1. The van der Waals surface area contributed by atoms with E-state index in [-0.39, 0.29) is 17.3 Å². The fourth-order valence-electron chi connectivity index (χ4n) is 1.67. The molecule has 3 N–H and O–H groups in total. The molecule has 1 aromatic rings. The van der Waals surface area contributed by atoms with Gasteiger partial charge in [-0.05, 0) is 23.8 Å². The molecule has 1 unspecified atom stereocenters. The van der Waals surface area contributed by atoms with Crippen LogP contribution in [0.25, 0.3) is 0 Å². The van der Waals surface area contributed by atoms with Gasteiger partial charge in [0.25, 0.3) is 0 Å². The van der Waals surface area contributed by atoms with Crippen LogP contribution in [-0.4, -0.2) is 45.8 Å². The summed E-state index contributed by atoms with van der Waals surface area (Å²) < 4.78 is 4.97. The van der Waals surface area contributed by atoms with E-state index < -0.39 is 17.1 Å². The number of aliphatic carboxylic acids is 1. The van der Waals surface area contributed by atoms with Crippen LogP contribution in [0.4, 0.5) is 0 Å². The van der Waals surface area contributed by atoms with Crippen molar-refractivity contribution in [1.82, 2.24) is 5.32 Å². The molecule has 0 aromatic heterocycles. The molecule has 116 valence electrons. The SMILES string of the molecule is COc1cc(C=NN=C2NC(=O)C(CC(=O)O)S2)ccc1O. The van der Waals surface area contributed by atoms with Crippen molar-refractivity contribution in [2.24, 2.45) is 10.2 Å². The number of ether oxygens (including phenoxy) is 1. The normalized spacial score (nSPS) is 19.6. The number of phenolic OH excluding ortho intramolecular Hbond substituents is 1. The second kappa shape index (κ2) is 6.94. The Morgan fingerprint density at radius 3 is 3.00 bits per heavy atom. The molecule has 0 radical (unpaired) electrons. The first-order valence-electron chi connectivity index (χ1n) is 6.17. The fourth-order valence-corrected chi connectivity index (χ4v) is 2.58. The van der Waals surface area contributed by atoms with Crippen LogP contribution in [0.1, 0.15) is 12.0 Å². The summed E-state index contributed by atoms with van der Waals surface area (Å²) in [7, 11) is 1.43. The van der Waals surface area contributed by atoms with Gasteiger partial charge in [0, 0.05) is 0 Å². The van der Waals surface area contributed by atoms with Gasteiger partial charge in [-0.15, -0.1) is 5.10 Å². The number of carbonyl (C=O) groups excluding carboxylic acids is 1. The van der Waals surface area contributed by atoms with Crippen molar-refractivity contribution in [2.45, 2.75) is 11.7 Å². The van der Waals surface area contributed by atoms with Crippen molar-refractivity contribution in [3.63, 3.8) is 0 Å². The number of aromatic hydroxyl groups is 1. The Labute approximate surface area is 129 Å². The maximum Gasteiger partial charge on any atom is 0.305 e. The van der Waals surface area contributed by atoms with Gasteiger partial charge in [-0.3, -0.25) is 9.59 Å². The number of phenols is 1. The standard InChI is InChI=1S/C13H13N3O5S/c1-21-9-4-7(2-3-8(9)17)6-14-16-13-15-12(20)10(22-13)5-11(18)19/h2-4,6,10,17H,5H2,1H3,(H,18,19)(H,15,16,20). The molecule has 2 rings (SSSR count). The lowest BCUT2D eigenvalue weighted by atomic mass is 10.2. The summed E-state index contributed by atoms with van der Waals surface area (Å²) in [6, 6.07) is 4.66. The van der Waals surface area contributed by atoms with E-state index >= 15 is 0 Å². The molecule has 1 aliphatic heterocycles. The highest BCUT2D eigenvalue weighted by molar-refractivity contribution is 8.15. The van der Waals surface area contributed by atoms with Gasteiger partial charge in [0.2, 0.25) is 5.91 Å². The number of nitrogens with zero attached hydrogens (tertiary/aromatic N) is 2. The first-order valence-corrected chi connectivity index (χ1v) is 7.05. The van der Waals surface area contributed by atoms with Gasteiger partial charge in [-0.2, -0.15) is 5.10 Å². The summed E-state index contributed by atoms with van der Waals surface area (Å²) in [6.45, 7) is 0. The highest BCUT2D eigenvalue weighted by Crippen LogP contribution is 2.25. The Hall–Kier alpha value is -2.55. The number of methoxy groups -OCH3 is 1. The van der Waals surface area contributed by atoms with Crippen molar-refractivity contribution in [1.29, 1.82) is 0 Å². The van der Waals surface area contributed by atoms with Gasteiger partial charge in [0.15, 0.2) is 16.7 Å². The molecule has 0 spiro atoms. The molecule has 1 aliphatic rings. The van der Waals surface area contributed by atoms with Crippen LogP contribution in [0.2, 0.25) is 0 Å². The van der Waals surface area contributed by atoms with Crippen LogP contribution >= 0.6 is 11.8 Å². The van der Waals surface area contributed by atoms with Crippen molar-refractivity contribution in [3.8, 4) is 11.5 Å². The van der Waals surface area contributed by atoms with Crippen molar-refractivity contribution >= 4 is 35.0 Å². The van der Waals surface area contributed by atoms with E-state index in [2.05, 4.69) is 15.5 Å². The van der Waals surface area contributed by atoms with E-state index in [9.17, 15) is 14.7 Å². The molecule has 1 aromatic carbocycles. The Kier molecular flexibility index (Phi) is 4.99. The lowest BCUT2D eigenvalue weighted by molar-refractivity contribution is -0.138. The molecule has 9 heteroatoms. The lowest BCUT2D eigenvalue weighted by Crippen LogP contribution is -2.26. The van der Waals surface area contributed by atoms with Gasteiger partial charge < -0.3 is 20.3 Å². The third kappa shape index (κ3) is 3.98. The number of rotatable bonds is 5. The lowest BCUT2D eigenvalue weighted by Gasteiger charge is -2.02. The molecular weight excluding hydrogens is 310 g/mol. The molecule has 0 aliphatic carbocycles. The van der Waals surface area contributed by atoms with Crippen LogP contribution in [0, 0.1) is 0 Å². The molecule has 0 saturated carbocycles. The minimum Gasteiger partial charge on any atom is -0.504 e. The van der Waals surface area contributed by atoms with E-state index in [1.165, 1.54) is 19.4 Å². The molecule has 8 nitrogen and oxygen atoms in total. The Balaban J connectivity index is 2.03. The minimum atomic E-state index is -1.05. The zero-order valence-corrected chi connectivity index (χ0v) is 12.3. The van der Waals surface area contributed by atoms with Crippen molar-refractivity contribution < 1.29 is 24.5 Å². The molecule has 1 amide bonds. The predicted molar refractivity (Wildman–Crippen MR) is 81.5 cm³/mol. The van der Waals surface area contributed by atoms with Crippen LogP contribution in [0.5, 0.6) is 11.5 Å². The van der Waals surface area contributed by atoms with Gasteiger partial charge in [-0.1, -0.05) is 11.8 Å². The number of carbonyl (C=O) groups is 2. The summed E-state index contributed by atoms with van der Waals surface area (Å²) in [5.41, 5.74) is 0.649. The van der Waals surface area contributed by atoms with Crippen LogP contribution in [0.15, 0.2) is 28.4 Å². The number of benzene rings is 1. The van der Waals surface area contributed by atoms with Crippen molar-refractivity contribution in [3.05, 3.63) is 23.8 Å². The van der Waals surface area contributed by atoms with E-state index in [4.69, 9.17) is 9.84 Å². The van der Waals surface area contributed by atoms with Crippen molar-refractivity contribution in [2.75, 3.05) is 7.11 Å². The minimum absolute atomic E-state index is 0.0149. The quantitative estimate of drug-likeness (QED) is 0.544. The van der Waals surface area contributed by atoms with Crippen LogP contribution < -0.4 is 10.1 Å². The van der Waals surface area contributed by atoms with E-state index in [0.717, 1.165) is 11.8 Å². The average molecular weight is 323 g/mol. The Morgan fingerprint density at radius 2 is 2.32 bits per heavy atom. The van der Waals surface area contributed by atoms with E-state index in [0.29, 0.717) is 11.3 Å². The number of carboxylic acid groups (broad SMARTS) is 1. The highest BCUT2D eigenvalue weighted by Gasteiger charge is 2.32. The number of hydrogen-bond donors (Lipinski definition) is 3. The third-order valence-electron chi connectivity index (χ3n) is 2.70. The summed E-state index contributed by atoms with van der Waals surface area (Å²) in [6.07, 6.45) is 1.15. The number of amides is 1. The highest BCUT2D eigenvalue weighted by atomic mass is 32.2. The number of carboxylic acids is 1. The molecule has 1 atom stereocenters.